The Morgan fingerprint density at radius 3 is 2.76 bits per heavy atom. The minimum absolute atomic E-state index is 0.485. The third-order valence-corrected chi connectivity index (χ3v) is 5.63. The summed E-state index contributed by atoms with van der Waals surface area (Å²) >= 11 is 1.54. The average molecular weight is 318 g/mol. The number of hydrogen-bond acceptors (Lipinski definition) is 4. The molecule has 0 amide bonds. The van der Waals surface area contributed by atoms with E-state index in [0.29, 0.717) is 5.92 Å². The summed E-state index contributed by atoms with van der Waals surface area (Å²) in [5, 5.41) is 0. The summed E-state index contributed by atoms with van der Waals surface area (Å²) in [5.41, 5.74) is 1.26. The molecule has 0 bridgehead atoms. The lowest BCUT2D eigenvalue weighted by Crippen LogP contribution is -2.34. The molecule has 1 atom stereocenters. The fourth-order valence-corrected chi connectivity index (χ4v) is 4.21. The highest BCUT2D eigenvalue weighted by Gasteiger charge is 2.25. The highest BCUT2D eigenvalue weighted by atomic mass is 32.2. The Morgan fingerprint density at radius 2 is 2.05 bits per heavy atom. The van der Waals surface area contributed by atoms with Crippen molar-refractivity contribution in [3.63, 3.8) is 0 Å². The van der Waals surface area contributed by atoms with E-state index < -0.39 is 10.8 Å². The molecule has 0 spiro atoms. The topological polar surface area (TPSA) is 32.7 Å². The minimum Gasteiger partial charge on any atom is -0.331 e. The van der Waals surface area contributed by atoms with Crippen LogP contribution in [0.5, 0.6) is 0 Å². The van der Waals surface area contributed by atoms with Gasteiger partial charge in [-0.2, -0.15) is 4.40 Å². The van der Waals surface area contributed by atoms with Crippen LogP contribution in [0, 0.1) is 0 Å². The molecule has 1 aromatic carbocycles. The third-order valence-electron chi connectivity index (χ3n) is 3.54. The summed E-state index contributed by atoms with van der Waals surface area (Å²) in [5.74, 6) is 2.29. The molecule has 2 heterocycles. The zero-order valence-corrected chi connectivity index (χ0v) is 13.8. The highest BCUT2D eigenvalue weighted by Crippen LogP contribution is 2.26. The van der Waals surface area contributed by atoms with Gasteiger partial charge in [0.15, 0.2) is 5.84 Å². The molecular formula is C16H18N2OS2. The largest absolute Gasteiger partial charge is 0.331 e. The highest BCUT2D eigenvalue weighted by molar-refractivity contribution is 7.98. The lowest BCUT2D eigenvalue weighted by molar-refractivity contribution is 0.589. The first kappa shape index (κ1) is 14.6. The molecule has 5 heteroatoms. The van der Waals surface area contributed by atoms with Gasteiger partial charge in [0.2, 0.25) is 0 Å². The summed E-state index contributed by atoms with van der Waals surface area (Å²) in [4.78, 5) is 3.70. The van der Waals surface area contributed by atoms with Crippen LogP contribution < -0.4 is 0 Å². The number of hydrogen-bond donors (Lipinski definition) is 0. The van der Waals surface area contributed by atoms with Gasteiger partial charge in [0.25, 0.3) is 0 Å². The van der Waals surface area contributed by atoms with E-state index >= 15 is 0 Å². The number of rotatable bonds is 3. The molecule has 110 valence electrons. The summed E-state index contributed by atoms with van der Waals surface area (Å²) in [6.45, 7) is 5.24. The Labute approximate surface area is 132 Å². The van der Waals surface area contributed by atoms with Crippen LogP contribution >= 0.6 is 11.9 Å². The van der Waals surface area contributed by atoms with Gasteiger partial charge >= 0.3 is 0 Å². The zero-order valence-electron chi connectivity index (χ0n) is 12.2. The smallest absolute Gasteiger partial charge is 0.157 e. The van der Waals surface area contributed by atoms with Gasteiger partial charge in [0.1, 0.15) is 0 Å². The van der Waals surface area contributed by atoms with E-state index in [-0.39, 0.29) is 0 Å². The van der Waals surface area contributed by atoms with Crippen molar-refractivity contribution >= 4 is 28.6 Å². The second kappa shape index (κ2) is 6.20. The second-order valence-corrected chi connectivity index (χ2v) is 7.60. The Hall–Kier alpha value is -1.33. The monoisotopic (exact) mass is 318 g/mol. The van der Waals surface area contributed by atoms with Gasteiger partial charge in [0, 0.05) is 23.4 Å². The van der Waals surface area contributed by atoms with Gasteiger partial charge in [-0.05, 0) is 47.7 Å². The molecule has 0 radical (unpaired) electrons. The van der Waals surface area contributed by atoms with Crippen molar-refractivity contribution in [2.45, 2.75) is 24.7 Å². The maximum atomic E-state index is 12.8. The predicted octanol–water partition coefficient (Wildman–Crippen LogP) is 3.69. The van der Waals surface area contributed by atoms with Gasteiger partial charge in [-0.1, -0.05) is 26.0 Å². The van der Waals surface area contributed by atoms with Crippen LogP contribution in [0.1, 0.15) is 25.3 Å². The molecule has 0 aromatic heterocycles. The summed E-state index contributed by atoms with van der Waals surface area (Å²) in [7, 11) is -1.19. The maximum Gasteiger partial charge on any atom is 0.157 e. The van der Waals surface area contributed by atoms with Crippen LogP contribution in [-0.4, -0.2) is 27.2 Å². The van der Waals surface area contributed by atoms with Gasteiger partial charge in [-0.15, -0.1) is 0 Å². The van der Waals surface area contributed by atoms with Crippen LogP contribution in [-0.2, 0) is 10.8 Å². The van der Waals surface area contributed by atoms with Gasteiger partial charge in [0.05, 0.1) is 15.7 Å². The quantitative estimate of drug-likeness (QED) is 0.797. The number of benzene rings is 1. The van der Waals surface area contributed by atoms with Crippen LogP contribution in [0.3, 0.4) is 0 Å². The Morgan fingerprint density at radius 1 is 1.29 bits per heavy atom. The maximum absolute atomic E-state index is 12.8. The number of amidine groups is 1. The van der Waals surface area contributed by atoms with E-state index in [2.05, 4.69) is 35.3 Å². The molecule has 0 aliphatic carbocycles. The van der Waals surface area contributed by atoms with E-state index in [4.69, 9.17) is 0 Å². The van der Waals surface area contributed by atoms with E-state index in [0.717, 1.165) is 27.9 Å². The molecular weight excluding hydrogens is 300 g/mol. The molecule has 0 saturated heterocycles. The molecule has 0 fully saturated rings. The molecule has 1 aromatic rings. The van der Waals surface area contributed by atoms with E-state index in [9.17, 15) is 4.21 Å². The van der Waals surface area contributed by atoms with Crippen molar-refractivity contribution in [3.8, 4) is 0 Å². The molecule has 2 aliphatic heterocycles. The van der Waals surface area contributed by atoms with Crippen LogP contribution in [0.4, 0.5) is 0 Å². The lowest BCUT2D eigenvalue weighted by atomic mass is 10.0. The predicted molar refractivity (Wildman–Crippen MR) is 90.8 cm³/mol. The SMILES string of the molecule is CC(C)c1ccc(S(=O)C2=CC=CN3CCSN=C23)cc1. The fourth-order valence-electron chi connectivity index (χ4n) is 2.29. The molecule has 1 unspecified atom stereocenters. The number of allylic oxidation sites excluding steroid dienone is 2. The first-order chi connectivity index (χ1) is 10.2. The Bertz CT molecular complexity index is 645. The van der Waals surface area contributed by atoms with Crippen molar-refractivity contribution in [3.05, 3.63) is 53.1 Å². The molecule has 3 rings (SSSR count). The summed E-state index contributed by atoms with van der Waals surface area (Å²) in [6.07, 6.45) is 5.86. The van der Waals surface area contributed by atoms with Crippen LogP contribution in [0.2, 0.25) is 0 Å². The van der Waals surface area contributed by atoms with Crippen molar-refractivity contribution in [1.29, 1.82) is 0 Å². The first-order valence-electron chi connectivity index (χ1n) is 7.04. The molecule has 21 heavy (non-hydrogen) atoms. The number of fused-ring (bicyclic) bond motifs is 1. The number of nitrogens with zero attached hydrogens (tertiary/aromatic N) is 2. The third kappa shape index (κ3) is 2.99. The van der Waals surface area contributed by atoms with Crippen LogP contribution in [0.25, 0.3) is 0 Å². The van der Waals surface area contributed by atoms with E-state index in [1.165, 1.54) is 5.56 Å². The first-order valence-corrected chi connectivity index (χ1v) is 9.13. The lowest BCUT2D eigenvalue weighted by Gasteiger charge is -2.28. The van der Waals surface area contributed by atoms with Crippen molar-refractivity contribution in [2.24, 2.45) is 4.40 Å². The standard InChI is InChI=1S/C16H18N2OS2/c1-12(2)13-5-7-14(8-6-13)21(19)15-4-3-9-18-10-11-20-17-16(15)18/h3-9,12H,10-11H2,1-2H3. The summed E-state index contributed by atoms with van der Waals surface area (Å²) < 4.78 is 17.3. The average Bonchev–Trinajstić information content (AvgIpc) is 2.53. The van der Waals surface area contributed by atoms with Gasteiger partial charge in [-0.25, -0.2) is 4.21 Å². The van der Waals surface area contributed by atoms with Gasteiger partial charge < -0.3 is 4.90 Å². The molecule has 3 nitrogen and oxygen atoms in total. The molecule has 0 saturated carbocycles. The molecule has 2 aliphatic rings. The minimum atomic E-state index is -1.19. The normalized spacial score (nSPS) is 19.1. The van der Waals surface area contributed by atoms with E-state index in [1.807, 2.05) is 30.5 Å². The van der Waals surface area contributed by atoms with E-state index in [1.54, 1.807) is 11.9 Å². The summed E-state index contributed by atoms with van der Waals surface area (Å²) in [6, 6.07) is 8.05. The zero-order chi connectivity index (χ0) is 14.8. The Balaban J connectivity index is 1.89. The van der Waals surface area contributed by atoms with Crippen molar-refractivity contribution < 1.29 is 4.21 Å². The second-order valence-electron chi connectivity index (χ2n) is 5.31. The molecule has 0 N–H and O–H groups in total. The van der Waals surface area contributed by atoms with Crippen LogP contribution in [0.15, 0.2) is 56.8 Å². The van der Waals surface area contributed by atoms with Crippen molar-refractivity contribution in [1.82, 2.24) is 4.90 Å². The fraction of sp³-hybridized carbons (Fsp3) is 0.312. The Kier molecular flexibility index (Phi) is 4.31. The van der Waals surface area contributed by atoms with Crippen molar-refractivity contribution in [2.75, 3.05) is 12.3 Å². The van der Waals surface area contributed by atoms with Gasteiger partial charge in [-0.3, -0.25) is 0 Å².